The highest BCUT2D eigenvalue weighted by Gasteiger charge is 2.39. The molecule has 4 aromatic rings. The Hall–Kier alpha value is -4.13. The maximum atomic E-state index is 12.4. The molecule has 0 radical (unpaired) electrons. The van der Waals surface area contributed by atoms with Gasteiger partial charge in [-0.1, -0.05) is 18.1 Å². The maximum Gasteiger partial charge on any atom is 0.228 e. The molecule has 2 atom stereocenters. The number of anilines is 2. The maximum absolute atomic E-state index is 12.4. The minimum absolute atomic E-state index is 0.0379. The summed E-state index contributed by atoms with van der Waals surface area (Å²) < 4.78 is 24.1. The molecule has 2 N–H and O–H groups in total. The highest BCUT2D eigenvalue weighted by molar-refractivity contribution is 5.97. The monoisotopic (exact) mass is 416 g/mol. The lowest BCUT2D eigenvalue weighted by molar-refractivity contribution is -0.117. The van der Waals surface area contributed by atoms with Crippen LogP contribution in [0.2, 0.25) is 0 Å². The summed E-state index contributed by atoms with van der Waals surface area (Å²) in [6.45, 7) is -0.464. The van der Waals surface area contributed by atoms with Gasteiger partial charge in [-0.25, -0.2) is 14.6 Å². The topological polar surface area (TPSA) is 123 Å². The summed E-state index contributed by atoms with van der Waals surface area (Å²) in [5, 5.41) is 21.8. The standard InChI is InChI=1S/C21H19N9O/c1-11-6-14(11)21(31)25-18-8-15-12(9-24-20(22-2)19(15)28-27-18)4-5-13-7-16-17(10-23-13)30(3)29-26-16/h7-11,14H,6H2,1-3H3,(H,22,24)(H,25,27,31)/t11-,14+/m1/s1/i2D3. The molecule has 4 heterocycles. The van der Waals surface area contributed by atoms with E-state index in [0.717, 1.165) is 11.9 Å². The summed E-state index contributed by atoms with van der Waals surface area (Å²) in [5.74, 6) is 6.46. The zero-order valence-electron chi connectivity index (χ0n) is 19.7. The quantitative estimate of drug-likeness (QED) is 0.484. The number of nitrogens with zero attached hydrogens (tertiary/aromatic N) is 7. The van der Waals surface area contributed by atoms with Gasteiger partial charge in [0.25, 0.3) is 0 Å². The number of fused-ring (bicyclic) bond motifs is 2. The number of amides is 1. The van der Waals surface area contributed by atoms with Crippen LogP contribution in [0, 0.1) is 23.7 Å². The minimum atomic E-state index is -2.47. The van der Waals surface area contributed by atoms with Crippen molar-refractivity contribution in [1.29, 1.82) is 0 Å². The highest BCUT2D eigenvalue weighted by atomic mass is 16.2. The summed E-state index contributed by atoms with van der Waals surface area (Å²) >= 11 is 0. The Morgan fingerprint density at radius 3 is 2.90 bits per heavy atom. The SMILES string of the molecule is [2H]C([2H])([2H])Nc1ncc(C#Cc2cc3nnn(C)c3cn2)c2cc(NC(=O)[C@H]3C[C@H]3C)nnc12. The van der Waals surface area contributed by atoms with E-state index in [-0.39, 0.29) is 29.0 Å². The molecule has 4 aromatic heterocycles. The second-order valence-electron chi connectivity index (χ2n) is 7.47. The first-order valence-electron chi connectivity index (χ1n) is 11.1. The van der Waals surface area contributed by atoms with Crippen LogP contribution in [0.5, 0.6) is 0 Å². The molecule has 0 saturated heterocycles. The van der Waals surface area contributed by atoms with E-state index in [4.69, 9.17) is 4.11 Å². The summed E-state index contributed by atoms with van der Waals surface area (Å²) in [7, 11) is 1.77. The Bertz CT molecular complexity index is 1500. The van der Waals surface area contributed by atoms with Crippen molar-refractivity contribution in [3.63, 3.8) is 0 Å². The third-order valence-electron chi connectivity index (χ3n) is 5.27. The number of aromatic nitrogens is 7. The third kappa shape index (κ3) is 3.50. The van der Waals surface area contributed by atoms with Gasteiger partial charge in [0.2, 0.25) is 5.91 Å². The van der Waals surface area contributed by atoms with Crippen LogP contribution in [0.4, 0.5) is 11.6 Å². The number of hydrogen-bond acceptors (Lipinski definition) is 8. The number of hydrogen-bond donors (Lipinski definition) is 2. The largest absolute Gasteiger partial charge is 0.371 e. The first kappa shape index (κ1) is 15.7. The van der Waals surface area contributed by atoms with Gasteiger partial charge in [-0.05, 0) is 24.3 Å². The van der Waals surface area contributed by atoms with Gasteiger partial charge < -0.3 is 10.6 Å². The molecule has 0 spiro atoms. The Labute approximate surface area is 181 Å². The molecule has 1 aliphatic rings. The molecular formula is C21H19N9O. The molecule has 154 valence electrons. The van der Waals surface area contributed by atoms with Crippen molar-refractivity contribution in [1.82, 2.24) is 35.2 Å². The van der Waals surface area contributed by atoms with Crippen molar-refractivity contribution in [2.45, 2.75) is 13.3 Å². The van der Waals surface area contributed by atoms with Gasteiger partial charge in [0.15, 0.2) is 11.6 Å². The average molecular weight is 416 g/mol. The molecule has 5 rings (SSSR count). The summed E-state index contributed by atoms with van der Waals surface area (Å²) in [5.41, 5.74) is 2.60. The molecule has 31 heavy (non-hydrogen) atoms. The van der Waals surface area contributed by atoms with E-state index >= 15 is 0 Å². The van der Waals surface area contributed by atoms with Gasteiger partial charge in [-0.2, -0.15) is 0 Å². The van der Waals surface area contributed by atoms with Gasteiger partial charge in [0, 0.05) is 41.7 Å². The molecule has 1 aliphatic carbocycles. The van der Waals surface area contributed by atoms with Gasteiger partial charge >= 0.3 is 0 Å². The molecule has 10 nitrogen and oxygen atoms in total. The third-order valence-corrected chi connectivity index (χ3v) is 5.27. The number of rotatable bonds is 3. The van der Waals surface area contributed by atoms with E-state index in [2.05, 4.69) is 53.0 Å². The van der Waals surface area contributed by atoms with Gasteiger partial charge in [-0.3, -0.25) is 4.79 Å². The minimum Gasteiger partial charge on any atom is -0.371 e. The van der Waals surface area contributed by atoms with Crippen molar-refractivity contribution in [3.05, 3.63) is 35.8 Å². The summed E-state index contributed by atoms with van der Waals surface area (Å²) in [6, 6.07) is 3.33. The number of pyridine rings is 2. The fraction of sp³-hybridized carbons (Fsp3) is 0.286. The van der Waals surface area contributed by atoms with Crippen LogP contribution in [0.25, 0.3) is 21.9 Å². The van der Waals surface area contributed by atoms with Gasteiger partial charge in [0.05, 0.1) is 11.8 Å². The second kappa shape index (κ2) is 7.28. The first-order valence-corrected chi connectivity index (χ1v) is 9.61. The van der Waals surface area contributed by atoms with Crippen LogP contribution in [-0.2, 0) is 11.8 Å². The van der Waals surface area contributed by atoms with Crippen LogP contribution in [0.1, 0.15) is 28.7 Å². The van der Waals surface area contributed by atoms with Crippen LogP contribution in [-0.4, -0.2) is 48.0 Å². The molecule has 1 fully saturated rings. The van der Waals surface area contributed by atoms with E-state index in [9.17, 15) is 4.79 Å². The lowest BCUT2D eigenvalue weighted by atomic mass is 10.1. The van der Waals surface area contributed by atoms with E-state index in [0.29, 0.717) is 28.1 Å². The summed E-state index contributed by atoms with van der Waals surface area (Å²) in [4.78, 5) is 20.9. The molecule has 0 aliphatic heterocycles. The molecule has 1 saturated carbocycles. The lowest BCUT2D eigenvalue weighted by Crippen LogP contribution is -2.16. The zero-order chi connectivity index (χ0) is 24.0. The van der Waals surface area contributed by atoms with Gasteiger partial charge in [0.1, 0.15) is 22.2 Å². The fourth-order valence-electron chi connectivity index (χ4n) is 3.32. The van der Waals surface area contributed by atoms with E-state index in [1.54, 1.807) is 30.1 Å². The highest BCUT2D eigenvalue weighted by Crippen LogP contribution is 2.38. The number of carbonyl (C=O) groups is 1. The lowest BCUT2D eigenvalue weighted by Gasteiger charge is -2.08. The van der Waals surface area contributed by atoms with Crippen molar-refractivity contribution in [2.24, 2.45) is 18.9 Å². The number of aryl methyl sites for hydroxylation is 1. The van der Waals surface area contributed by atoms with Crippen LogP contribution >= 0.6 is 0 Å². The smallest absolute Gasteiger partial charge is 0.228 e. The van der Waals surface area contributed by atoms with Crippen molar-refractivity contribution in [3.8, 4) is 11.8 Å². The van der Waals surface area contributed by atoms with Crippen LogP contribution in [0.3, 0.4) is 0 Å². The Balaban J connectivity index is 1.55. The van der Waals surface area contributed by atoms with E-state index in [1.807, 2.05) is 6.92 Å². The molecule has 10 heteroatoms. The predicted molar refractivity (Wildman–Crippen MR) is 115 cm³/mol. The van der Waals surface area contributed by atoms with Crippen LogP contribution < -0.4 is 10.6 Å². The van der Waals surface area contributed by atoms with Crippen molar-refractivity contribution >= 4 is 39.5 Å². The number of carbonyl (C=O) groups excluding carboxylic acids is 1. The fourth-order valence-corrected chi connectivity index (χ4v) is 3.32. The molecule has 0 unspecified atom stereocenters. The predicted octanol–water partition coefficient (Wildman–Crippen LogP) is 1.74. The first-order chi connectivity index (χ1) is 16.2. The average Bonchev–Trinajstić information content (AvgIpc) is 3.41. The molecule has 0 bridgehead atoms. The Morgan fingerprint density at radius 2 is 2.10 bits per heavy atom. The summed E-state index contributed by atoms with van der Waals surface area (Å²) in [6.07, 6.45) is 3.92. The van der Waals surface area contributed by atoms with Crippen molar-refractivity contribution in [2.75, 3.05) is 17.6 Å². The normalized spacial score (nSPS) is 19.1. The zero-order valence-corrected chi connectivity index (χ0v) is 16.7. The van der Waals surface area contributed by atoms with E-state index < -0.39 is 6.98 Å². The van der Waals surface area contributed by atoms with Crippen molar-refractivity contribution < 1.29 is 8.91 Å². The Morgan fingerprint density at radius 1 is 1.23 bits per heavy atom. The number of nitrogens with one attached hydrogen (secondary N) is 2. The second-order valence-corrected chi connectivity index (χ2v) is 7.47. The molecule has 0 aromatic carbocycles. The Kier molecular flexibility index (Phi) is 3.68. The van der Waals surface area contributed by atoms with Crippen LogP contribution in [0.15, 0.2) is 24.5 Å². The molecule has 1 amide bonds. The van der Waals surface area contributed by atoms with E-state index in [1.165, 1.54) is 6.20 Å². The molecular weight excluding hydrogens is 394 g/mol. The van der Waals surface area contributed by atoms with Gasteiger partial charge in [-0.15, -0.1) is 15.3 Å².